The summed E-state index contributed by atoms with van der Waals surface area (Å²) in [4.78, 5) is 14.0. The van der Waals surface area contributed by atoms with E-state index in [1.54, 1.807) is 0 Å². The fourth-order valence-electron chi connectivity index (χ4n) is 2.78. The molecule has 0 heterocycles. The molecular formula is C18H37N2O2+. The minimum absolute atomic E-state index is 0.212. The minimum Gasteiger partial charge on any atom is -0.391 e. The zero-order chi connectivity index (χ0) is 16.8. The van der Waals surface area contributed by atoms with Crippen molar-refractivity contribution >= 4 is 5.91 Å². The van der Waals surface area contributed by atoms with Crippen LogP contribution in [0.15, 0.2) is 12.7 Å². The number of hydrogen-bond acceptors (Lipinski definition) is 2. The van der Waals surface area contributed by atoms with Crippen LogP contribution in [0.5, 0.6) is 0 Å². The van der Waals surface area contributed by atoms with E-state index in [-0.39, 0.29) is 12.5 Å². The van der Waals surface area contributed by atoms with E-state index in [4.69, 9.17) is 0 Å². The molecule has 0 saturated heterocycles. The maximum atomic E-state index is 12.1. The molecule has 4 nitrogen and oxygen atoms in total. The molecule has 0 atom stereocenters. The second kappa shape index (κ2) is 12.7. The molecule has 1 amide bonds. The summed E-state index contributed by atoms with van der Waals surface area (Å²) < 4.78 is 0.885. The molecule has 0 aliphatic carbocycles. The molecule has 0 aromatic carbocycles. The summed E-state index contributed by atoms with van der Waals surface area (Å²) in [5.74, 6) is 0.248. The van der Waals surface area contributed by atoms with Gasteiger partial charge in [-0.25, -0.2) is 0 Å². The summed E-state index contributed by atoms with van der Waals surface area (Å²) in [6, 6.07) is 0. The Morgan fingerprint density at radius 2 is 1.77 bits per heavy atom. The van der Waals surface area contributed by atoms with Crippen LogP contribution in [-0.2, 0) is 4.79 Å². The van der Waals surface area contributed by atoms with Crippen molar-refractivity contribution in [1.29, 1.82) is 0 Å². The van der Waals surface area contributed by atoms with Crippen LogP contribution >= 0.6 is 0 Å². The average Bonchev–Trinajstić information content (AvgIpc) is 2.54. The van der Waals surface area contributed by atoms with Gasteiger partial charge < -0.3 is 14.5 Å². The first kappa shape index (κ1) is 21.1. The highest BCUT2D eigenvalue weighted by molar-refractivity contribution is 5.75. The first-order valence-electron chi connectivity index (χ1n) is 8.86. The Balaban J connectivity index is 4.00. The van der Waals surface area contributed by atoms with Crippen molar-refractivity contribution in [2.75, 3.05) is 46.4 Å². The number of aliphatic hydroxyl groups excluding tert-OH is 1. The fraction of sp³-hybridized carbons (Fsp3) is 0.833. The largest absolute Gasteiger partial charge is 0.391 e. The highest BCUT2D eigenvalue weighted by atomic mass is 16.3. The topological polar surface area (TPSA) is 40.5 Å². The lowest BCUT2D eigenvalue weighted by Gasteiger charge is -2.37. The van der Waals surface area contributed by atoms with E-state index >= 15 is 0 Å². The fourth-order valence-corrected chi connectivity index (χ4v) is 2.78. The molecule has 0 fully saturated rings. The number of quaternary nitrogens is 1. The summed E-state index contributed by atoms with van der Waals surface area (Å²) in [5.41, 5.74) is 0. The molecule has 0 saturated carbocycles. The molecule has 0 bridgehead atoms. The molecule has 0 aliphatic heterocycles. The lowest BCUT2D eigenvalue weighted by molar-refractivity contribution is -0.924. The van der Waals surface area contributed by atoms with E-state index in [1.165, 1.54) is 12.8 Å². The van der Waals surface area contributed by atoms with Gasteiger partial charge in [-0.3, -0.25) is 4.79 Å². The number of aliphatic hydroxyl groups is 1. The number of unbranched alkanes of at least 4 members (excludes halogenated alkanes) is 4. The van der Waals surface area contributed by atoms with Crippen molar-refractivity contribution in [2.24, 2.45) is 0 Å². The summed E-state index contributed by atoms with van der Waals surface area (Å²) in [6.07, 6.45) is 8.17. The highest BCUT2D eigenvalue weighted by Crippen LogP contribution is 2.09. The number of likely N-dealkylation sites (N-methyl/N-ethyl adjacent to an activating group) is 2. The molecule has 0 radical (unpaired) electrons. The molecule has 0 unspecified atom stereocenters. The second-order valence-corrected chi connectivity index (χ2v) is 6.20. The zero-order valence-corrected chi connectivity index (χ0v) is 15.0. The lowest BCUT2D eigenvalue weighted by Crippen LogP contribution is -2.53. The minimum atomic E-state index is 0.212. The predicted octanol–water partition coefficient (Wildman–Crippen LogP) is 2.82. The molecule has 0 rings (SSSR count). The summed E-state index contributed by atoms with van der Waals surface area (Å²) in [5, 5.41) is 9.24. The van der Waals surface area contributed by atoms with Crippen LogP contribution in [0.4, 0.5) is 0 Å². The van der Waals surface area contributed by atoms with Gasteiger partial charge in [-0.2, -0.15) is 0 Å². The molecule has 0 aromatic rings. The molecule has 0 spiro atoms. The van der Waals surface area contributed by atoms with Crippen molar-refractivity contribution in [3.05, 3.63) is 12.7 Å². The maximum Gasteiger partial charge on any atom is 0.222 e. The van der Waals surface area contributed by atoms with Crippen LogP contribution in [0.3, 0.4) is 0 Å². The molecule has 22 heavy (non-hydrogen) atoms. The molecule has 0 aromatic heterocycles. The van der Waals surface area contributed by atoms with Gasteiger partial charge in [0.25, 0.3) is 0 Å². The maximum absolute atomic E-state index is 12.1. The van der Waals surface area contributed by atoms with E-state index in [2.05, 4.69) is 20.4 Å². The van der Waals surface area contributed by atoms with Crippen molar-refractivity contribution in [1.82, 2.24) is 4.90 Å². The monoisotopic (exact) mass is 313 g/mol. The third-order valence-electron chi connectivity index (χ3n) is 4.80. The van der Waals surface area contributed by atoms with Gasteiger partial charge in [0.2, 0.25) is 5.91 Å². The number of carbonyl (C=O) groups is 1. The molecular weight excluding hydrogens is 276 g/mol. The quantitative estimate of drug-likeness (QED) is 0.304. The standard InChI is InChI=1S/C18H37N2O2/c1-5-8-9-10-11-12-13-18(22)19(4)14-15-20(6-2,7-3)16-17-21/h5,21H,1,6-17H2,2-4H3/q+1. The molecule has 130 valence electrons. The predicted molar refractivity (Wildman–Crippen MR) is 93.7 cm³/mol. The van der Waals surface area contributed by atoms with Gasteiger partial charge in [0.1, 0.15) is 6.54 Å². The summed E-state index contributed by atoms with van der Waals surface area (Å²) in [6.45, 7) is 12.7. The van der Waals surface area contributed by atoms with Crippen LogP contribution in [0.2, 0.25) is 0 Å². The van der Waals surface area contributed by atoms with E-state index in [1.807, 2.05) is 18.0 Å². The number of allylic oxidation sites excluding steroid dienone is 1. The van der Waals surface area contributed by atoms with Gasteiger partial charge in [0.15, 0.2) is 0 Å². The van der Waals surface area contributed by atoms with Crippen molar-refractivity contribution in [2.45, 2.75) is 52.4 Å². The van der Waals surface area contributed by atoms with Crippen molar-refractivity contribution < 1.29 is 14.4 Å². The van der Waals surface area contributed by atoms with Crippen LogP contribution < -0.4 is 0 Å². The van der Waals surface area contributed by atoms with Crippen molar-refractivity contribution in [3.63, 3.8) is 0 Å². The van der Waals surface area contributed by atoms with Gasteiger partial charge in [0, 0.05) is 13.5 Å². The van der Waals surface area contributed by atoms with Crippen molar-refractivity contribution in [3.8, 4) is 0 Å². The van der Waals surface area contributed by atoms with Gasteiger partial charge >= 0.3 is 0 Å². The molecule has 4 heteroatoms. The van der Waals surface area contributed by atoms with Gasteiger partial charge in [-0.1, -0.05) is 18.9 Å². The Kier molecular flexibility index (Phi) is 12.2. The Hall–Kier alpha value is -0.870. The Morgan fingerprint density at radius 1 is 1.14 bits per heavy atom. The number of nitrogens with zero attached hydrogens (tertiary/aromatic N) is 2. The van der Waals surface area contributed by atoms with E-state index in [0.29, 0.717) is 6.42 Å². The Labute approximate surface area is 137 Å². The third-order valence-corrected chi connectivity index (χ3v) is 4.80. The van der Waals surface area contributed by atoms with Gasteiger partial charge in [-0.05, 0) is 33.1 Å². The normalized spacial score (nSPS) is 11.5. The van der Waals surface area contributed by atoms with Gasteiger partial charge in [0.05, 0.1) is 32.8 Å². The molecule has 1 N–H and O–H groups in total. The average molecular weight is 314 g/mol. The summed E-state index contributed by atoms with van der Waals surface area (Å²) >= 11 is 0. The smallest absolute Gasteiger partial charge is 0.222 e. The van der Waals surface area contributed by atoms with Gasteiger partial charge in [-0.15, -0.1) is 6.58 Å². The third kappa shape index (κ3) is 8.54. The molecule has 0 aliphatic rings. The number of amides is 1. The van der Waals surface area contributed by atoms with Crippen LogP contribution in [-0.4, -0.2) is 66.8 Å². The second-order valence-electron chi connectivity index (χ2n) is 6.20. The Morgan fingerprint density at radius 3 is 2.32 bits per heavy atom. The SMILES string of the molecule is C=CCCCCCCC(=O)N(C)CC[N+](CC)(CC)CCO. The Bertz CT molecular complexity index is 301. The first-order valence-corrected chi connectivity index (χ1v) is 8.86. The first-order chi connectivity index (χ1) is 10.5. The zero-order valence-electron chi connectivity index (χ0n) is 15.0. The summed E-state index contributed by atoms with van der Waals surface area (Å²) in [7, 11) is 1.90. The van der Waals surface area contributed by atoms with E-state index in [0.717, 1.165) is 56.5 Å². The van der Waals surface area contributed by atoms with Crippen LogP contribution in [0.25, 0.3) is 0 Å². The number of carbonyl (C=O) groups excluding carboxylic acids is 1. The highest BCUT2D eigenvalue weighted by Gasteiger charge is 2.23. The van der Waals surface area contributed by atoms with E-state index in [9.17, 15) is 9.90 Å². The number of hydrogen-bond donors (Lipinski definition) is 1. The lowest BCUT2D eigenvalue weighted by atomic mass is 10.1. The number of rotatable bonds is 14. The van der Waals surface area contributed by atoms with E-state index < -0.39 is 0 Å². The van der Waals surface area contributed by atoms with Crippen LogP contribution in [0, 0.1) is 0 Å². The van der Waals surface area contributed by atoms with Crippen LogP contribution in [0.1, 0.15) is 52.4 Å².